The molecular formula is C81H91ClF6N24. The highest BCUT2D eigenvalue weighted by Crippen LogP contribution is 2.35. The minimum Gasteiger partial charge on any atom is -0.384 e. The van der Waals surface area contributed by atoms with Crippen LogP contribution < -0.4 is 16.4 Å². The topological polar surface area (TPSA) is 239 Å². The monoisotopic (exact) mass is 1550 g/mol. The van der Waals surface area contributed by atoms with Gasteiger partial charge in [-0.15, -0.1) is 0 Å². The third-order valence-electron chi connectivity index (χ3n) is 21.7. The molecule has 12 aromatic rings. The van der Waals surface area contributed by atoms with Crippen molar-refractivity contribution in [2.24, 2.45) is 0 Å². The summed E-state index contributed by atoms with van der Waals surface area (Å²) in [4.78, 5) is 65.5. The molecule has 18 rings (SSSR count). The highest BCUT2D eigenvalue weighted by Gasteiger charge is 2.26. The lowest BCUT2D eigenvalue weighted by Gasteiger charge is -2.33. The molecule has 6 aliphatic rings. The van der Waals surface area contributed by atoms with E-state index in [0.717, 1.165) is 229 Å². The van der Waals surface area contributed by atoms with Crippen LogP contribution in [0, 0.1) is 34.9 Å². The van der Waals surface area contributed by atoms with Crippen molar-refractivity contribution >= 4 is 74.1 Å². The first-order chi connectivity index (χ1) is 54.5. The van der Waals surface area contributed by atoms with E-state index in [0.29, 0.717) is 67.2 Å². The number of nitrogens with two attached hydrogens (primary N) is 1. The Morgan fingerprint density at radius 1 is 0.348 bits per heavy atom. The molecule has 0 radical (unpaired) electrons. The lowest BCUT2D eigenvalue weighted by molar-refractivity contribution is 0.132. The van der Waals surface area contributed by atoms with Crippen molar-refractivity contribution in [1.82, 2.24) is 103 Å². The molecule has 15 heterocycles. The number of hydrogen-bond acceptors (Lipinski definition) is 21. The van der Waals surface area contributed by atoms with E-state index >= 15 is 0 Å². The predicted molar refractivity (Wildman–Crippen MR) is 422 cm³/mol. The van der Waals surface area contributed by atoms with Gasteiger partial charge in [-0.25, -0.2) is 86.2 Å². The third-order valence-corrected chi connectivity index (χ3v) is 21.9. The fourth-order valence-electron chi connectivity index (χ4n) is 15.4. The fraction of sp³-hybridized carbons (Fsp3) is 0.407. The summed E-state index contributed by atoms with van der Waals surface area (Å²) < 4.78 is 93.9. The van der Waals surface area contributed by atoms with Crippen molar-refractivity contribution in [1.29, 1.82) is 0 Å². The first-order valence-corrected chi connectivity index (χ1v) is 39.2. The molecule has 0 unspecified atom stereocenters. The van der Waals surface area contributed by atoms with Gasteiger partial charge in [-0.2, -0.15) is 0 Å². The molecule has 3 aromatic carbocycles. The summed E-state index contributed by atoms with van der Waals surface area (Å²) in [5, 5.41) is 6.02. The summed E-state index contributed by atoms with van der Waals surface area (Å²) in [6, 6.07) is 20.8. The summed E-state index contributed by atoms with van der Waals surface area (Å²) >= 11 is 5.72. The Balaban J connectivity index is 0.000000124. The molecule has 0 bridgehead atoms. The summed E-state index contributed by atoms with van der Waals surface area (Å²) in [6.07, 6.45) is 17.4. The molecule has 0 spiro atoms. The van der Waals surface area contributed by atoms with E-state index < -0.39 is 34.9 Å². The van der Waals surface area contributed by atoms with Crippen molar-refractivity contribution in [3.8, 4) is 33.8 Å². The second-order valence-corrected chi connectivity index (χ2v) is 29.4. The minimum atomic E-state index is -0.637. The maximum absolute atomic E-state index is 15.0. The number of rotatable bonds is 16. The van der Waals surface area contributed by atoms with Crippen LogP contribution in [0.2, 0.25) is 5.28 Å². The van der Waals surface area contributed by atoms with E-state index in [-0.39, 0.29) is 34.3 Å². The van der Waals surface area contributed by atoms with Crippen molar-refractivity contribution in [3.05, 3.63) is 184 Å². The Morgan fingerprint density at radius 3 is 1.01 bits per heavy atom. The van der Waals surface area contributed by atoms with E-state index in [1.807, 2.05) is 62.6 Å². The van der Waals surface area contributed by atoms with Crippen LogP contribution in [0.4, 0.5) is 55.7 Å². The van der Waals surface area contributed by atoms with Crippen molar-refractivity contribution in [2.75, 3.05) is 115 Å². The Kier molecular flexibility index (Phi) is 24.3. The number of nitrogen functional groups attached to an aromatic ring is 1. The lowest BCUT2D eigenvalue weighted by Crippen LogP contribution is -2.45. The summed E-state index contributed by atoms with van der Waals surface area (Å²) in [5.41, 5.74) is 13.2. The molecule has 0 atom stereocenters. The number of halogens is 7. The number of nitrogens with one attached hydrogen (secondary N) is 2. The number of hydrogen-bond donors (Lipinski definition) is 3. The van der Waals surface area contributed by atoms with Gasteiger partial charge >= 0.3 is 0 Å². The number of fused-ring (bicyclic) bond motifs is 9. The van der Waals surface area contributed by atoms with Crippen LogP contribution >= 0.6 is 11.6 Å². The van der Waals surface area contributed by atoms with Crippen molar-refractivity contribution in [3.63, 3.8) is 0 Å². The fourth-order valence-corrected chi connectivity index (χ4v) is 15.5. The predicted octanol–water partition coefficient (Wildman–Crippen LogP) is 13.3. The number of imidazole rings is 3. The minimum absolute atomic E-state index is 0.00726. The summed E-state index contributed by atoms with van der Waals surface area (Å²) in [7, 11) is 0. The maximum Gasteiger partial charge on any atom is 0.229 e. The third kappa shape index (κ3) is 18.1. The summed E-state index contributed by atoms with van der Waals surface area (Å²) in [5.74, 6) is 1.43. The molecule has 24 nitrogen and oxygen atoms in total. The lowest BCUT2D eigenvalue weighted by atomic mass is 10.1. The van der Waals surface area contributed by atoms with Gasteiger partial charge in [-0.1, -0.05) is 39.0 Å². The average molecular weight is 1550 g/mol. The van der Waals surface area contributed by atoms with Crippen molar-refractivity contribution in [2.45, 2.75) is 118 Å². The molecule has 0 aliphatic carbocycles. The number of benzene rings is 3. The van der Waals surface area contributed by atoms with Gasteiger partial charge in [0.05, 0.1) is 35.1 Å². The van der Waals surface area contributed by atoms with E-state index in [2.05, 4.69) is 127 Å². The van der Waals surface area contributed by atoms with Crippen LogP contribution in [-0.2, 0) is 58.5 Å². The van der Waals surface area contributed by atoms with Gasteiger partial charge in [0, 0.05) is 172 Å². The Labute approximate surface area is 650 Å². The molecule has 6 aliphatic heterocycles. The SMILES string of the molecule is CCN1CCN(Cc2ccc(N)nc2)CC1.CCN1CCN(Cc2ccc(Nc3ncc(F)c(-c4cc(F)c5nc6n(c5c4)CCCC6)n3)nc2)CC1.CCN1CCN(Cc2ccc(Nc3ncc(F)c(-c4cc(F)c5nc6n(c5c4)CCCC6)n3)nc2)CC1.Fc1cnc(Cl)nc1-c1cc(F)c2nc3n(c2c1)CCCC3. The van der Waals surface area contributed by atoms with E-state index in [1.165, 1.54) is 36.9 Å². The van der Waals surface area contributed by atoms with Crippen LogP contribution in [0.15, 0.2) is 110 Å². The van der Waals surface area contributed by atoms with Crippen molar-refractivity contribution < 1.29 is 26.3 Å². The number of aryl methyl sites for hydroxylation is 6. The zero-order chi connectivity index (χ0) is 77.4. The van der Waals surface area contributed by atoms with Gasteiger partial charge in [0.15, 0.2) is 34.9 Å². The molecule has 0 saturated carbocycles. The largest absolute Gasteiger partial charge is 0.384 e. The van der Waals surface area contributed by atoms with E-state index in [1.54, 1.807) is 18.2 Å². The van der Waals surface area contributed by atoms with Gasteiger partial charge in [-0.3, -0.25) is 14.7 Å². The van der Waals surface area contributed by atoms with E-state index in [4.69, 9.17) is 17.3 Å². The zero-order valence-corrected chi connectivity index (χ0v) is 64.0. The molecule has 112 heavy (non-hydrogen) atoms. The number of pyridine rings is 3. The van der Waals surface area contributed by atoms with Gasteiger partial charge in [0.25, 0.3) is 0 Å². The second kappa shape index (κ2) is 35.2. The first-order valence-electron chi connectivity index (χ1n) is 38.8. The molecular weight excluding hydrogens is 1460 g/mol. The van der Waals surface area contributed by atoms with Gasteiger partial charge in [-0.05, 0) is 141 Å². The zero-order valence-electron chi connectivity index (χ0n) is 63.2. The molecule has 4 N–H and O–H groups in total. The van der Waals surface area contributed by atoms with Crippen LogP contribution in [0.3, 0.4) is 0 Å². The average Bonchev–Trinajstić information content (AvgIpc) is 1.61. The molecule has 3 fully saturated rings. The van der Waals surface area contributed by atoms with E-state index in [9.17, 15) is 26.3 Å². The molecule has 0 amide bonds. The second-order valence-electron chi connectivity index (χ2n) is 29.1. The highest BCUT2D eigenvalue weighted by atomic mass is 35.5. The Bertz CT molecular complexity index is 5030. The number of likely N-dealkylation sites (N-methyl/N-ethyl adjacent to an activating group) is 3. The van der Waals surface area contributed by atoms with Crippen LogP contribution in [0.25, 0.3) is 66.9 Å². The molecule has 31 heteroatoms. The smallest absolute Gasteiger partial charge is 0.229 e. The van der Waals surface area contributed by atoms with Crippen LogP contribution in [-0.4, -0.2) is 201 Å². The van der Waals surface area contributed by atoms with Crippen LogP contribution in [0.5, 0.6) is 0 Å². The van der Waals surface area contributed by atoms with Gasteiger partial charge < -0.3 is 44.8 Å². The van der Waals surface area contributed by atoms with Gasteiger partial charge in [0.2, 0.25) is 17.2 Å². The Morgan fingerprint density at radius 2 is 0.679 bits per heavy atom. The number of nitrogens with zero attached hydrogens (tertiary/aromatic N) is 21. The number of anilines is 5. The summed E-state index contributed by atoms with van der Waals surface area (Å²) in [6.45, 7) is 28.3. The molecule has 3 saturated heterocycles. The first kappa shape index (κ1) is 77.1. The maximum atomic E-state index is 15.0. The number of piperazine rings is 3. The highest BCUT2D eigenvalue weighted by molar-refractivity contribution is 6.28. The Hall–Kier alpha value is -10.2. The quantitative estimate of drug-likeness (QED) is 0.0602. The number of aromatic nitrogens is 15. The molecule has 584 valence electrons. The molecule has 9 aromatic heterocycles. The van der Waals surface area contributed by atoms with Gasteiger partial charge in [0.1, 0.15) is 68.6 Å². The normalized spacial score (nSPS) is 16.6. The van der Waals surface area contributed by atoms with Crippen LogP contribution in [0.1, 0.15) is 93.5 Å². The standard InChI is InChI=1S/2C27H30F2N8.C15H11ClF2N4.C12H20N4/c2*1-2-35-9-11-36(12-10-35)17-18-6-7-23(30-15-18)32-27-31-16-21(29)25(34-27)19-13-20(28)26-22(14-19)37-8-4-3-5-24(37)33-26;16-15-19-7-10(18)13(21-15)8-5-9(17)14-11(6-8)22-4-2-1-3-12(22)20-14;1-2-15-5-7-16(8-6-15)10-11-3-4-12(13)14-9-11/h2*6-7,13-16H,2-5,8-12,17H2,1H3,(H,30,31,32,34);5-7H,1-4H2;3-4,9H,2,5-8,10H2,1H3,(H2,13,14).